The number of methoxy groups -OCH3 is 1. The van der Waals surface area contributed by atoms with Gasteiger partial charge in [-0.25, -0.2) is 4.98 Å². The standard InChI is InChI=1S/C12H9N3O4/c1-19-6-4-2-3-5-7(6)10(16)8-9(13-5)12(18)15-14-11(8)17/h2-4H,1H3,(H,13,16)(H,14,17)(H,15,18). The topological polar surface area (TPSA) is 108 Å². The fourth-order valence-electron chi connectivity index (χ4n) is 2.05. The maximum atomic E-state index is 11.7. The van der Waals surface area contributed by atoms with Crippen molar-refractivity contribution >= 4 is 21.8 Å². The summed E-state index contributed by atoms with van der Waals surface area (Å²) in [6, 6.07) is 4.94. The highest BCUT2D eigenvalue weighted by Crippen LogP contribution is 2.34. The van der Waals surface area contributed by atoms with Crippen molar-refractivity contribution < 1.29 is 9.84 Å². The molecular weight excluding hydrogens is 250 g/mol. The zero-order valence-electron chi connectivity index (χ0n) is 9.85. The van der Waals surface area contributed by atoms with E-state index < -0.39 is 11.1 Å². The lowest BCUT2D eigenvalue weighted by molar-refractivity contribution is 0.416. The summed E-state index contributed by atoms with van der Waals surface area (Å²) in [5.41, 5.74) is -0.926. The van der Waals surface area contributed by atoms with Gasteiger partial charge in [-0.15, -0.1) is 0 Å². The number of hydrogen-bond donors (Lipinski definition) is 3. The lowest BCUT2D eigenvalue weighted by atomic mass is 10.1. The zero-order chi connectivity index (χ0) is 13.6. The molecule has 0 spiro atoms. The maximum Gasteiger partial charge on any atom is 0.289 e. The van der Waals surface area contributed by atoms with Crippen molar-refractivity contribution in [1.82, 2.24) is 15.2 Å². The van der Waals surface area contributed by atoms with Gasteiger partial charge in [0.2, 0.25) is 0 Å². The second-order valence-electron chi connectivity index (χ2n) is 3.95. The smallest absolute Gasteiger partial charge is 0.289 e. The molecule has 0 aliphatic heterocycles. The van der Waals surface area contributed by atoms with Crippen LogP contribution < -0.4 is 15.9 Å². The lowest BCUT2D eigenvalue weighted by Crippen LogP contribution is -2.20. The van der Waals surface area contributed by atoms with Crippen LogP contribution in [0.1, 0.15) is 0 Å². The monoisotopic (exact) mass is 259 g/mol. The van der Waals surface area contributed by atoms with Crippen LogP contribution in [-0.2, 0) is 0 Å². The molecule has 1 aromatic carbocycles. The van der Waals surface area contributed by atoms with Crippen molar-refractivity contribution in [2.45, 2.75) is 0 Å². The summed E-state index contributed by atoms with van der Waals surface area (Å²) in [5.74, 6) is 0.0638. The van der Waals surface area contributed by atoms with Gasteiger partial charge in [0.05, 0.1) is 18.0 Å². The zero-order valence-corrected chi connectivity index (χ0v) is 9.85. The SMILES string of the molecule is COc1cccc2nc3c(=O)[nH][nH]c(=O)c3c(O)c12. The van der Waals surface area contributed by atoms with Crippen LogP contribution in [0, 0.1) is 0 Å². The molecule has 3 aromatic rings. The van der Waals surface area contributed by atoms with Crippen molar-refractivity contribution in [3.8, 4) is 11.5 Å². The fraction of sp³-hybridized carbons (Fsp3) is 0.0833. The first-order chi connectivity index (χ1) is 9.13. The summed E-state index contributed by atoms with van der Waals surface area (Å²) in [5, 5.41) is 14.7. The Morgan fingerprint density at radius 2 is 1.89 bits per heavy atom. The molecule has 96 valence electrons. The lowest BCUT2D eigenvalue weighted by Gasteiger charge is -2.08. The Balaban J connectivity index is 2.69. The van der Waals surface area contributed by atoms with E-state index in [-0.39, 0.29) is 16.7 Å². The van der Waals surface area contributed by atoms with Crippen LogP contribution in [0.25, 0.3) is 21.8 Å². The summed E-state index contributed by atoms with van der Waals surface area (Å²) in [6.07, 6.45) is 0. The number of H-pyrrole nitrogens is 2. The largest absolute Gasteiger partial charge is 0.506 e. The molecule has 0 fully saturated rings. The minimum absolute atomic E-state index is 0.109. The van der Waals surface area contributed by atoms with Gasteiger partial charge in [-0.3, -0.25) is 19.8 Å². The summed E-state index contributed by atoms with van der Waals surface area (Å²) in [7, 11) is 1.44. The highest BCUT2D eigenvalue weighted by atomic mass is 16.5. The number of benzene rings is 1. The molecule has 0 saturated heterocycles. The second-order valence-corrected chi connectivity index (χ2v) is 3.95. The molecular formula is C12H9N3O4. The Morgan fingerprint density at radius 1 is 1.16 bits per heavy atom. The van der Waals surface area contributed by atoms with E-state index in [4.69, 9.17) is 4.74 Å². The molecule has 2 aromatic heterocycles. The van der Waals surface area contributed by atoms with E-state index in [1.165, 1.54) is 7.11 Å². The number of aromatic hydroxyl groups is 1. The average molecular weight is 259 g/mol. The van der Waals surface area contributed by atoms with Gasteiger partial charge in [-0.2, -0.15) is 0 Å². The predicted molar refractivity (Wildman–Crippen MR) is 68.7 cm³/mol. The number of aromatic amines is 2. The molecule has 7 nitrogen and oxygen atoms in total. The predicted octanol–water partition coefficient (Wildman–Crippen LogP) is 0.479. The van der Waals surface area contributed by atoms with Crippen LogP contribution in [0.3, 0.4) is 0 Å². The van der Waals surface area contributed by atoms with Crippen LogP contribution in [0.15, 0.2) is 27.8 Å². The first-order valence-electron chi connectivity index (χ1n) is 5.44. The molecule has 0 bridgehead atoms. The van der Waals surface area contributed by atoms with E-state index in [1.54, 1.807) is 18.2 Å². The molecule has 0 atom stereocenters. The molecule has 0 amide bonds. The van der Waals surface area contributed by atoms with Gasteiger partial charge < -0.3 is 9.84 Å². The first-order valence-corrected chi connectivity index (χ1v) is 5.44. The number of aromatic nitrogens is 3. The Morgan fingerprint density at radius 3 is 2.63 bits per heavy atom. The van der Waals surface area contributed by atoms with Crippen LogP contribution >= 0.6 is 0 Å². The molecule has 0 unspecified atom stereocenters. The summed E-state index contributed by atoms with van der Waals surface area (Å²) < 4.78 is 5.13. The molecule has 2 heterocycles. The second kappa shape index (κ2) is 3.84. The quantitative estimate of drug-likeness (QED) is 0.551. The molecule has 7 heteroatoms. The van der Waals surface area contributed by atoms with Crippen molar-refractivity contribution in [3.63, 3.8) is 0 Å². The Bertz CT molecular complexity index is 910. The molecule has 19 heavy (non-hydrogen) atoms. The molecule has 0 saturated carbocycles. The van der Waals surface area contributed by atoms with Crippen LogP contribution in [0.2, 0.25) is 0 Å². The van der Waals surface area contributed by atoms with Crippen LogP contribution in [0.4, 0.5) is 0 Å². The van der Waals surface area contributed by atoms with Crippen LogP contribution in [0.5, 0.6) is 11.5 Å². The number of rotatable bonds is 1. The number of fused-ring (bicyclic) bond motifs is 2. The average Bonchev–Trinajstić information content (AvgIpc) is 2.42. The normalized spacial score (nSPS) is 11.0. The molecule has 0 aliphatic rings. The summed E-state index contributed by atoms with van der Waals surface area (Å²) in [4.78, 5) is 27.5. The van der Waals surface area contributed by atoms with Crippen molar-refractivity contribution in [2.75, 3.05) is 7.11 Å². The minimum Gasteiger partial charge on any atom is -0.506 e. The Labute approximate surface area is 105 Å². The van der Waals surface area contributed by atoms with E-state index in [0.717, 1.165) is 0 Å². The third kappa shape index (κ3) is 1.48. The Kier molecular flexibility index (Phi) is 2.28. The number of ether oxygens (including phenoxy) is 1. The number of nitrogens with zero attached hydrogens (tertiary/aromatic N) is 1. The highest BCUT2D eigenvalue weighted by Gasteiger charge is 2.16. The van der Waals surface area contributed by atoms with E-state index in [0.29, 0.717) is 16.7 Å². The maximum absolute atomic E-state index is 11.7. The number of hydrogen-bond acceptors (Lipinski definition) is 5. The summed E-state index contributed by atoms with van der Waals surface area (Å²) >= 11 is 0. The van der Waals surface area contributed by atoms with E-state index in [9.17, 15) is 14.7 Å². The minimum atomic E-state index is -0.618. The van der Waals surface area contributed by atoms with Crippen LogP contribution in [-0.4, -0.2) is 27.4 Å². The van der Waals surface area contributed by atoms with Crippen molar-refractivity contribution in [3.05, 3.63) is 38.9 Å². The molecule has 3 N–H and O–H groups in total. The van der Waals surface area contributed by atoms with Gasteiger partial charge in [0.1, 0.15) is 22.4 Å². The van der Waals surface area contributed by atoms with Gasteiger partial charge in [0.25, 0.3) is 11.1 Å². The fourth-order valence-corrected chi connectivity index (χ4v) is 2.05. The van der Waals surface area contributed by atoms with Crippen molar-refractivity contribution in [2.24, 2.45) is 0 Å². The highest BCUT2D eigenvalue weighted by molar-refractivity contribution is 6.02. The van der Waals surface area contributed by atoms with Gasteiger partial charge in [0, 0.05) is 0 Å². The van der Waals surface area contributed by atoms with E-state index in [2.05, 4.69) is 15.2 Å². The third-order valence-corrected chi connectivity index (χ3v) is 2.90. The number of nitrogens with one attached hydrogen (secondary N) is 2. The molecule has 0 aliphatic carbocycles. The van der Waals surface area contributed by atoms with Crippen molar-refractivity contribution in [1.29, 1.82) is 0 Å². The molecule has 0 radical (unpaired) electrons. The first kappa shape index (κ1) is 11.3. The van der Waals surface area contributed by atoms with Gasteiger partial charge in [-0.05, 0) is 12.1 Å². The van der Waals surface area contributed by atoms with Gasteiger partial charge in [-0.1, -0.05) is 6.07 Å². The van der Waals surface area contributed by atoms with E-state index >= 15 is 0 Å². The van der Waals surface area contributed by atoms with Gasteiger partial charge >= 0.3 is 0 Å². The summed E-state index contributed by atoms with van der Waals surface area (Å²) in [6.45, 7) is 0. The molecule has 3 rings (SSSR count). The number of pyridine rings is 1. The Hall–Kier alpha value is -2.83. The van der Waals surface area contributed by atoms with Gasteiger partial charge in [0.15, 0.2) is 0 Å². The van der Waals surface area contributed by atoms with E-state index in [1.807, 2.05) is 0 Å². The third-order valence-electron chi connectivity index (χ3n) is 2.90.